The van der Waals surface area contributed by atoms with Gasteiger partial charge in [0.1, 0.15) is 17.0 Å². The van der Waals surface area contributed by atoms with Crippen molar-refractivity contribution in [3.8, 4) is 11.5 Å². The number of fused-ring (bicyclic) bond motifs is 1. The van der Waals surface area contributed by atoms with Gasteiger partial charge < -0.3 is 14.8 Å². The number of hydrogen-bond acceptors (Lipinski definition) is 4. The first kappa shape index (κ1) is 13.9. The fourth-order valence-corrected chi connectivity index (χ4v) is 2.40. The Morgan fingerprint density at radius 3 is 2.58 bits per heavy atom. The Hall–Kier alpha value is -1.52. The van der Waals surface area contributed by atoms with Crippen LogP contribution >= 0.6 is 11.6 Å². The minimum absolute atomic E-state index is 0.521. The van der Waals surface area contributed by atoms with Crippen LogP contribution in [-0.2, 0) is 6.54 Å². The number of rotatable bonds is 4. The predicted octanol–water partition coefficient (Wildman–Crippen LogP) is 2.93. The number of nitrogens with zero attached hydrogens (tertiary/aromatic N) is 1. The molecule has 0 radical (unpaired) electrons. The molecule has 0 saturated carbocycles. The Labute approximate surface area is 117 Å². The van der Waals surface area contributed by atoms with Crippen LogP contribution in [0.3, 0.4) is 0 Å². The summed E-state index contributed by atoms with van der Waals surface area (Å²) in [5, 5.41) is 4.51. The molecule has 0 saturated heterocycles. The number of aryl methyl sites for hydroxylation is 1. The summed E-state index contributed by atoms with van der Waals surface area (Å²) >= 11 is 6.21. The normalized spacial score (nSPS) is 10.8. The molecule has 0 amide bonds. The van der Waals surface area contributed by atoms with Gasteiger partial charge in [0.25, 0.3) is 0 Å². The molecule has 2 aromatic rings. The number of hydrogen-bond donors (Lipinski definition) is 1. The van der Waals surface area contributed by atoms with Crippen molar-refractivity contribution >= 4 is 22.5 Å². The van der Waals surface area contributed by atoms with Crippen LogP contribution in [0.1, 0.15) is 11.3 Å². The van der Waals surface area contributed by atoms with Gasteiger partial charge in [0.2, 0.25) is 0 Å². The zero-order chi connectivity index (χ0) is 14.0. The summed E-state index contributed by atoms with van der Waals surface area (Å²) in [6.45, 7) is 2.72. The number of ether oxygens (including phenoxy) is 2. The van der Waals surface area contributed by atoms with Gasteiger partial charge in [-0.15, -0.1) is 0 Å². The molecule has 0 aliphatic rings. The van der Waals surface area contributed by atoms with E-state index in [0.29, 0.717) is 16.5 Å². The van der Waals surface area contributed by atoms with Gasteiger partial charge in [0.05, 0.1) is 19.2 Å². The van der Waals surface area contributed by atoms with Gasteiger partial charge in [0.15, 0.2) is 0 Å². The van der Waals surface area contributed by atoms with Crippen molar-refractivity contribution in [3.05, 3.63) is 28.4 Å². The average molecular weight is 281 g/mol. The highest BCUT2D eigenvalue weighted by Gasteiger charge is 2.15. The van der Waals surface area contributed by atoms with Crippen molar-refractivity contribution in [1.82, 2.24) is 10.3 Å². The van der Waals surface area contributed by atoms with E-state index in [4.69, 9.17) is 21.1 Å². The molecule has 1 heterocycles. The molecule has 4 nitrogen and oxygen atoms in total. The van der Waals surface area contributed by atoms with E-state index < -0.39 is 0 Å². The van der Waals surface area contributed by atoms with Crippen molar-refractivity contribution in [1.29, 1.82) is 0 Å². The fraction of sp³-hybridized carbons (Fsp3) is 0.357. The largest absolute Gasteiger partial charge is 0.494 e. The standard InChI is InChI=1S/C14H17ClN2O2/c1-8-9(7-16-2)5-10-13(17-8)12(18-3)6-11(15)14(10)19-4/h5-6,16H,7H2,1-4H3. The SMILES string of the molecule is CNCc1cc2c(OC)c(Cl)cc(OC)c2nc1C. The molecule has 1 aromatic heterocycles. The van der Waals surface area contributed by atoms with Gasteiger partial charge in [-0.1, -0.05) is 11.6 Å². The summed E-state index contributed by atoms with van der Waals surface area (Å²) in [5.41, 5.74) is 2.84. The van der Waals surface area contributed by atoms with E-state index in [1.165, 1.54) is 0 Å². The van der Waals surface area contributed by atoms with Gasteiger partial charge in [-0.05, 0) is 25.6 Å². The zero-order valence-electron chi connectivity index (χ0n) is 11.5. The number of halogens is 1. The van der Waals surface area contributed by atoms with Crippen molar-refractivity contribution in [2.75, 3.05) is 21.3 Å². The summed E-state index contributed by atoms with van der Waals surface area (Å²) in [6.07, 6.45) is 0. The van der Waals surface area contributed by atoms with Crippen molar-refractivity contribution in [2.45, 2.75) is 13.5 Å². The molecule has 19 heavy (non-hydrogen) atoms. The van der Waals surface area contributed by atoms with Gasteiger partial charge >= 0.3 is 0 Å². The first-order valence-corrected chi connectivity index (χ1v) is 6.35. The fourth-order valence-electron chi connectivity index (χ4n) is 2.12. The molecule has 1 aromatic carbocycles. The van der Waals surface area contributed by atoms with Gasteiger partial charge in [-0.2, -0.15) is 0 Å². The molecule has 2 rings (SSSR count). The lowest BCUT2D eigenvalue weighted by Gasteiger charge is -2.14. The van der Waals surface area contributed by atoms with Gasteiger partial charge in [-0.25, -0.2) is 4.98 Å². The second-order valence-electron chi connectivity index (χ2n) is 4.25. The quantitative estimate of drug-likeness (QED) is 0.935. The second-order valence-corrected chi connectivity index (χ2v) is 4.66. The smallest absolute Gasteiger partial charge is 0.147 e. The summed E-state index contributed by atoms with van der Waals surface area (Å²) in [6, 6.07) is 3.77. The molecular formula is C14H17ClN2O2. The third-order valence-electron chi connectivity index (χ3n) is 3.06. The number of nitrogens with one attached hydrogen (secondary N) is 1. The van der Waals surface area contributed by atoms with Gasteiger partial charge in [0, 0.05) is 23.7 Å². The maximum Gasteiger partial charge on any atom is 0.147 e. The molecule has 1 N–H and O–H groups in total. The predicted molar refractivity (Wildman–Crippen MR) is 77.4 cm³/mol. The second kappa shape index (κ2) is 5.63. The van der Waals surface area contributed by atoms with Crippen LogP contribution in [0.2, 0.25) is 5.02 Å². The van der Waals surface area contributed by atoms with E-state index in [9.17, 15) is 0 Å². The van der Waals surface area contributed by atoms with E-state index in [2.05, 4.69) is 10.3 Å². The Bertz CT molecular complexity index is 614. The highest BCUT2D eigenvalue weighted by molar-refractivity contribution is 6.33. The number of methoxy groups -OCH3 is 2. The molecule has 5 heteroatoms. The zero-order valence-corrected chi connectivity index (χ0v) is 12.3. The summed E-state index contributed by atoms with van der Waals surface area (Å²) < 4.78 is 10.7. The third kappa shape index (κ3) is 2.46. The Balaban J connectivity index is 2.80. The van der Waals surface area contributed by atoms with Crippen LogP contribution < -0.4 is 14.8 Å². The monoisotopic (exact) mass is 280 g/mol. The third-order valence-corrected chi connectivity index (χ3v) is 3.34. The van der Waals surface area contributed by atoms with Crippen molar-refractivity contribution in [2.24, 2.45) is 0 Å². The molecule has 0 spiro atoms. The number of pyridine rings is 1. The lowest BCUT2D eigenvalue weighted by molar-refractivity contribution is 0.410. The lowest BCUT2D eigenvalue weighted by atomic mass is 10.1. The lowest BCUT2D eigenvalue weighted by Crippen LogP contribution is -2.08. The highest BCUT2D eigenvalue weighted by atomic mass is 35.5. The summed E-state index contributed by atoms with van der Waals surface area (Å²) in [4.78, 5) is 4.61. The van der Waals surface area contributed by atoms with E-state index in [1.54, 1.807) is 20.3 Å². The van der Waals surface area contributed by atoms with E-state index in [0.717, 1.165) is 28.7 Å². The summed E-state index contributed by atoms with van der Waals surface area (Å²) in [5.74, 6) is 1.28. The number of aromatic nitrogens is 1. The minimum atomic E-state index is 0.521. The molecule has 102 valence electrons. The minimum Gasteiger partial charge on any atom is -0.494 e. The van der Waals surface area contributed by atoms with E-state index >= 15 is 0 Å². The maximum absolute atomic E-state index is 6.21. The van der Waals surface area contributed by atoms with Crippen LogP contribution in [0, 0.1) is 6.92 Å². The number of benzene rings is 1. The summed E-state index contributed by atoms with van der Waals surface area (Å²) in [7, 11) is 5.11. The molecular weight excluding hydrogens is 264 g/mol. The molecule has 0 aliphatic heterocycles. The molecule has 0 atom stereocenters. The van der Waals surface area contributed by atoms with Crippen LogP contribution in [0.5, 0.6) is 11.5 Å². The highest BCUT2D eigenvalue weighted by Crippen LogP contribution is 2.39. The van der Waals surface area contributed by atoms with Crippen LogP contribution in [0.25, 0.3) is 10.9 Å². The molecule has 0 unspecified atom stereocenters. The molecule has 0 fully saturated rings. The molecule has 0 bridgehead atoms. The Kier molecular flexibility index (Phi) is 4.12. The van der Waals surface area contributed by atoms with E-state index in [-0.39, 0.29) is 0 Å². The average Bonchev–Trinajstić information content (AvgIpc) is 2.40. The first-order chi connectivity index (χ1) is 9.12. The van der Waals surface area contributed by atoms with Crippen LogP contribution in [0.4, 0.5) is 0 Å². The van der Waals surface area contributed by atoms with Gasteiger partial charge in [-0.3, -0.25) is 0 Å². The van der Waals surface area contributed by atoms with Crippen molar-refractivity contribution in [3.63, 3.8) is 0 Å². The maximum atomic E-state index is 6.21. The van der Waals surface area contributed by atoms with Crippen LogP contribution in [-0.4, -0.2) is 26.3 Å². The molecule has 0 aliphatic carbocycles. The Morgan fingerprint density at radius 2 is 2.00 bits per heavy atom. The topological polar surface area (TPSA) is 43.4 Å². The van der Waals surface area contributed by atoms with Crippen LogP contribution in [0.15, 0.2) is 12.1 Å². The van der Waals surface area contributed by atoms with E-state index in [1.807, 2.05) is 20.0 Å². The van der Waals surface area contributed by atoms with Crippen molar-refractivity contribution < 1.29 is 9.47 Å². The Morgan fingerprint density at radius 1 is 1.26 bits per heavy atom. The first-order valence-electron chi connectivity index (χ1n) is 5.97.